The Morgan fingerprint density at radius 3 is 2.67 bits per heavy atom. The Labute approximate surface area is 97.5 Å². The van der Waals surface area contributed by atoms with Gasteiger partial charge in [0, 0.05) is 12.3 Å². The first kappa shape index (κ1) is 11.7. The van der Waals surface area contributed by atoms with Crippen LogP contribution in [0.5, 0.6) is 0 Å². The van der Waals surface area contributed by atoms with E-state index in [1.807, 2.05) is 11.8 Å². The van der Waals surface area contributed by atoms with E-state index < -0.39 is 0 Å². The molecule has 2 nitrogen and oxygen atoms in total. The van der Waals surface area contributed by atoms with Crippen molar-refractivity contribution in [1.82, 2.24) is 5.32 Å². The molecule has 0 aliphatic carbocycles. The van der Waals surface area contributed by atoms with Gasteiger partial charge in [0.1, 0.15) is 5.72 Å². The second-order valence-electron chi connectivity index (χ2n) is 5.91. The minimum atomic E-state index is 0.0185. The lowest BCUT2D eigenvalue weighted by Crippen LogP contribution is -2.59. The Bertz CT molecular complexity index is 208. The molecule has 2 saturated heterocycles. The molecule has 2 atom stereocenters. The Balaban J connectivity index is 1.91. The van der Waals surface area contributed by atoms with Crippen LogP contribution in [0.25, 0.3) is 0 Å². The first-order chi connectivity index (χ1) is 7.02. The van der Waals surface area contributed by atoms with Gasteiger partial charge in [-0.3, -0.25) is 5.32 Å². The fraction of sp³-hybridized carbons (Fsp3) is 1.00. The van der Waals surface area contributed by atoms with Crippen molar-refractivity contribution in [3.63, 3.8) is 0 Å². The summed E-state index contributed by atoms with van der Waals surface area (Å²) in [5.41, 5.74) is 0.376. The third kappa shape index (κ3) is 2.69. The first-order valence-electron chi connectivity index (χ1n) is 5.99. The van der Waals surface area contributed by atoms with Crippen molar-refractivity contribution in [2.24, 2.45) is 11.3 Å². The zero-order valence-corrected chi connectivity index (χ0v) is 11.0. The largest absolute Gasteiger partial charge is 0.359 e. The highest BCUT2D eigenvalue weighted by Crippen LogP contribution is 2.35. The fourth-order valence-corrected chi connectivity index (χ4v) is 3.41. The van der Waals surface area contributed by atoms with Crippen molar-refractivity contribution in [2.75, 3.05) is 24.7 Å². The average Bonchev–Trinajstić information content (AvgIpc) is 2.18. The highest BCUT2D eigenvalue weighted by Gasteiger charge is 2.40. The van der Waals surface area contributed by atoms with Crippen LogP contribution in [0.3, 0.4) is 0 Å². The molecule has 1 N–H and O–H groups in total. The monoisotopic (exact) mass is 229 g/mol. The van der Waals surface area contributed by atoms with Crippen LogP contribution in [0.15, 0.2) is 0 Å². The molecule has 0 aromatic rings. The van der Waals surface area contributed by atoms with Gasteiger partial charge in [-0.25, -0.2) is 0 Å². The van der Waals surface area contributed by atoms with Crippen molar-refractivity contribution in [3.8, 4) is 0 Å². The summed E-state index contributed by atoms with van der Waals surface area (Å²) < 4.78 is 6.11. The summed E-state index contributed by atoms with van der Waals surface area (Å²) in [6, 6.07) is 0. The van der Waals surface area contributed by atoms with Crippen LogP contribution in [0, 0.1) is 11.3 Å². The molecule has 2 unspecified atom stereocenters. The lowest BCUT2D eigenvalue weighted by molar-refractivity contribution is -0.123. The summed E-state index contributed by atoms with van der Waals surface area (Å²) in [5, 5.41) is 3.65. The Kier molecular flexibility index (Phi) is 3.34. The van der Waals surface area contributed by atoms with E-state index in [2.05, 4.69) is 26.1 Å². The smallest absolute Gasteiger partial charge is 0.128 e. The summed E-state index contributed by atoms with van der Waals surface area (Å²) >= 11 is 2.02. The van der Waals surface area contributed by atoms with Gasteiger partial charge >= 0.3 is 0 Å². The number of nitrogens with one attached hydrogen (secondary N) is 1. The number of thioether (sulfide) groups is 1. The zero-order chi connectivity index (χ0) is 10.9. The Morgan fingerprint density at radius 2 is 2.20 bits per heavy atom. The van der Waals surface area contributed by atoms with E-state index in [4.69, 9.17) is 4.74 Å². The standard InChI is InChI=1S/C12H23NOS/c1-11(2,3)10-7-13-12(14-8-10)5-4-6-15-9-12/h10,13H,4-9H2,1-3H3. The lowest BCUT2D eigenvalue weighted by atomic mass is 9.80. The van der Waals surface area contributed by atoms with Crippen LogP contribution in [-0.4, -0.2) is 30.4 Å². The van der Waals surface area contributed by atoms with Gasteiger partial charge in [0.25, 0.3) is 0 Å². The molecule has 0 aromatic carbocycles. The van der Waals surface area contributed by atoms with E-state index in [1.165, 1.54) is 18.6 Å². The zero-order valence-electron chi connectivity index (χ0n) is 10.1. The summed E-state index contributed by atoms with van der Waals surface area (Å²) in [7, 11) is 0. The molecular formula is C12H23NOS. The van der Waals surface area contributed by atoms with Crippen LogP contribution in [0.4, 0.5) is 0 Å². The third-order valence-corrected chi connectivity index (χ3v) is 4.91. The second kappa shape index (κ2) is 4.27. The van der Waals surface area contributed by atoms with E-state index >= 15 is 0 Å². The van der Waals surface area contributed by atoms with E-state index in [-0.39, 0.29) is 5.72 Å². The average molecular weight is 229 g/mol. The molecule has 2 rings (SSSR count). The molecule has 2 aliphatic heterocycles. The van der Waals surface area contributed by atoms with Gasteiger partial charge in [-0.15, -0.1) is 0 Å². The van der Waals surface area contributed by atoms with E-state index in [1.54, 1.807) is 0 Å². The minimum Gasteiger partial charge on any atom is -0.359 e. The number of ether oxygens (including phenoxy) is 1. The van der Waals surface area contributed by atoms with Gasteiger partial charge in [0.05, 0.1) is 6.61 Å². The molecule has 0 bridgehead atoms. The molecule has 0 aromatic heterocycles. The number of hydrogen-bond donors (Lipinski definition) is 1. The van der Waals surface area contributed by atoms with Crippen LogP contribution in [-0.2, 0) is 4.74 Å². The summed E-state index contributed by atoms with van der Waals surface area (Å²) in [6.07, 6.45) is 2.48. The van der Waals surface area contributed by atoms with Crippen LogP contribution in [0.1, 0.15) is 33.6 Å². The van der Waals surface area contributed by atoms with E-state index in [0.29, 0.717) is 11.3 Å². The molecule has 0 radical (unpaired) electrons. The molecule has 0 amide bonds. The second-order valence-corrected chi connectivity index (χ2v) is 7.01. The third-order valence-electron chi connectivity index (χ3n) is 3.66. The van der Waals surface area contributed by atoms with Crippen molar-refractivity contribution >= 4 is 11.8 Å². The van der Waals surface area contributed by atoms with Crippen molar-refractivity contribution in [1.29, 1.82) is 0 Å². The Hall–Kier alpha value is 0.270. The molecule has 2 heterocycles. The van der Waals surface area contributed by atoms with Crippen molar-refractivity contribution in [3.05, 3.63) is 0 Å². The molecule has 15 heavy (non-hydrogen) atoms. The minimum absolute atomic E-state index is 0.0185. The molecule has 0 saturated carbocycles. The highest BCUT2D eigenvalue weighted by molar-refractivity contribution is 7.99. The molecule has 1 spiro atoms. The predicted molar refractivity (Wildman–Crippen MR) is 66.2 cm³/mol. The first-order valence-corrected chi connectivity index (χ1v) is 7.14. The topological polar surface area (TPSA) is 21.3 Å². The van der Waals surface area contributed by atoms with Gasteiger partial charge in [-0.2, -0.15) is 11.8 Å². The number of hydrogen-bond acceptors (Lipinski definition) is 3. The maximum absolute atomic E-state index is 6.11. The SMILES string of the molecule is CC(C)(C)C1CNC2(CCCSC2)OC1. The fourth-order valence-electron chi connectivity index (χ4n) is 2.26. The number of rotatable bonds is 0. The molecule has 2 fully saturated rings. The van der Waals surface area contributed by atoms with E-state index in [0.717, 1.165) is 18.9 Å². The summed E-state index contributed by atoms with van der Waals surface area (Å²) in [4.78, 5) is 0. The van der Waals surface area contributed by atoms with Crippen LogP contribution < -0.4 is 5.32 Å². The van der Waals surface area contributed by atoms with Gasteiger partial charge < -0.3 is 4.74 Å². The molecule has 3 heteroatoms. The summed E-state index contributed by atoms with van der Waals surface area (Å²) in [5.74, 6) is 3.08. The summed E-state index contributed by atoms with van der Waals surface area (Å²) in [6.45, 7) is 8.95. The van der Waals surface area contributed by atoms with Gasteiger partial charge in [-0.1, -0.05) is 20.8 Å². The molecular weight excluding hydrogens is 206 g/mol. The quantitative estimate of drug-likeness (QED) is 0.689. The maximum Gasteiger partial charge on any atom is 0.128 e. The van der Waals surface area contributed by atoms with Crippen molar-refractivity contribution < 1.29 is 4.74 Å². The van der Waals surface area contributed by atoms with Gasteiger partial charge in [-0.05, 0) is 29.9 Å². The van der Waals surface area contributed by atoms with E-state index in [9.17, 15) is 0 Å². The van der Waals surface area contributed by atoms with Gasteiger partial charge in [0.2, 0.25) is 0 Å². The lowest BCUT2D eigenvalue weighted by Gasteiger charge is -2.46. The van der Waals surface area contributed by atoms with Gasteiger partial charge in [0.15, 0.2) is 0 Å². The van der Waals surface area contributed by atoms with Crippen LogP contribution >= 0.6 is 11.8 Å². The Morgan fingerprint density at radius 1 is 1.40 bits per heavy atom. The molecule has 2 aliphatic rings. The molecule has 88 valence electrons. The predicted octanol–water partition coefficient (Wildman–Crippen LogP) is 2.49. The maximum atomic E-state index is 6.11. The normalized spacial score (nSPS) is 38.2. The van der Waals surface area contributed by atoms with Crippen molar-refractivity contribution in [2.45, 2.75) is 39.3 Å². The highest BCUT2D eigenvalue weighted by atomic mass is 32.2. The van der Waals surface area contributed by atoms with Crippen LogP contribution in [0.2, 0.25) is 0 Å².